The molecule has 98 valence electrons. The van der Waals surface area contributed by atoms with E-state index in [1.54, 1.807) is 0 Å². The first-order chi connectivity index (χ1) is 8.69. The van der Waals surface area contributed by atoms with Gasteiger partial charge in [-0.2, -0.15) is 0 Å². The SMILES string of the molecule is Cc1nc(C2CC3CCC2C3)nc(C)c1CCN. The molecule has 0 spiro atoms. The van der Waals surface area contributed by atoms with Gasteiger partial charge in [0.25, 0.3) is 0 Å². The minimum absolute atomic E-state index is 0.632. The van der Waals surface area contributed by atoms with E-state index in [0.29, 0.717) is 12.5 Å². The summed E-state index contributed by atoms with van der Waals surface area (Å²) in [5.74, 6) is 3.55. The lowest BCUT2D eigenvalue weighted by molar-refractivity contribution is 0.404. The van der Waals surface area contributed by atoms with Crippen molar-refractivity contribution in [2.75, 3.05) is 6.54 Å². The second kappa shape index (κ2) is 4.61. The van der Waals surface area contributed by atoms with Crippen LogP contribution in [-0.4, -0.2) is 16.5 Å². The fourth-order valence-electron chi connectivity index (χ4n) is 4.00. The van der Waals surface area contributed by atoms with Crippen molar-refractivity contribution in [2.45, 2.75) is 51.9 Å². The highest BCUT2D eigenvalue weighted by Crippen LogP contribution is 2.52. The van der Waals surface area contributed by atoms with E-state index in [4.69, 9.17) is 15.7 Å². The molecule has 1 heterocycles. The maximum absolute atomic E-state index is 5.65. The van der Waals surface area contributed by atoms with Crippen molar-refractivity contribution in [2.24, 2.45) is 17.6 Å². The van der Waals surface area contributed by atoms with Crippen LogP contribution in [0.4, 0.5) is 0 Å². The number of nitrogens with zero attached hydrogens (tertiary/aromatic N) is 2. The zero-order valence-corrected chi connectivity index (χ0v) is 11.4. The summed E-state index contributed by atoms with van der Waals surface area (Å²) in [5.41, 5.74) is 9.19. The van der Waals surface area contributed by atoms with Gasteiger partial charge >= 0.3 is 0 Å². The van der Waals surface area contributed by atoms with Gasteiger partial charge in [-0.1, -0.05) is 6.42 Å². The van der Waals surface area contributed by atoms with Gasteiger partial charge in [0.1, 0.15) is 5.82 Å². The lowest BCUT2D eigenvalue weighted by Crippen LogP contribution is -2.16. The third-order valence-electron chi connectivity index (χ3n) is 4.90. The van der Waals surface area contributed by atoms with Gasteiger partial charge in [0.15, 0.2) is 0 Å². The minimum atomic E-state index is 0.632. The predicted molar refractivity (Wildman–Crippen MR) is 72.5 cm³/mol. The predicted octanol–water partition coefficient (Wildman–Crippen LogP) is 2.50. The molecule has 2 saturated carbocycles. The molecule has 0 saturated heterocycles. The van der Waals surface area contributed by atoms with Crippen molar-refractivity contribution >= 4 is 0 Å². The van der Waals surface area contributed by atoms with Crippen LogP contribution in [0.15, 0.2) is 0 Å². The molecule has 0 aliphatic heterocycles. The maximum atomic E-state index is 5.65. The normalized spacial score (nSPS) is 30.1. The smallest absolute Gasteiger partial charge is 0.132 e. The van der Waals surface area contributed by atoms with Crippen LogP contribution in [0.5, 0.6) is 0 Å². The lowest BCUT2D eigenvalue weighted by Gasteiger charge is -2.21. The van der Waals surface area contributed by atoms with Gasteiger partial charge in [-0.3, -0.25) is 0 Å². The van der Waals surface area contributed by atoms with E-state index in [-0.39, 0.29) is 0 Å². The minimum Gasteiger partial charge on any atom is -0.330 e. The average Bonchev–Trinajstić information content (AvgIpc) is 2.95. The highest BCUT2D eigenvalue weighted by atomic mass is 14.9. The van der Waals surface area contributed by atoms with Gasteiger partial charge in [-0.05, 0) is 63.5 Å². The molecule has 18 heavy (non-hydrogen) atoms. The van der Waals surface area contributed by atoms with Crippen molar-refractivity contribution in [3.8, 4) is 0 Å². The highest BCUT2D eigenvalue weighted by Gasteiger charge is 2.41. The molecule has 3 atom stereocenters. The fourth-order valence-corrected chi connectivity index (χ4v) is 4.00. The molecule has 2 bridgehead atoms. The maximum Gasteiger partial charge on any atom is 0.132 e. The summed E-state index contributed by atoms with van der Waals surface area (Å²) >= 11 is 0. The topological polar surface area (TPSA) is 51.8 Å². The third kappa shape index (κ3) is 1.95. The molecule has 0 amide bonds. The first kappa shape index (κ1) is 12.1. The third-order valence-corrected chi connectivity index (χ3v) is 4.90. The molecule has 3 rings (SSSR count). The number of aryl methyl sites for hydroxylation is 2. The molecule has 1 aromatic rings. The molecule has 2 aliphatic carbocycles. The van der Waals surface area contributed by atoms with E-state index >= 15 is 0 Å². The van der Waals surface area contributed by atoms with E-state index in [1.807, 2.05) is 0 Å². The van der Waals surface area contributed by atoms with Crippen LogP contribution in [0.2, 0.25) is 0 Å². The zero-order chi connectivity index (χ0) is 12.7. The fraction of sp³-hybridized carbons (Fsp3) is 0.733. The standard InChI is InChI=1S/C15H23N3/c1-9-13(5-6-16)10(2)18-15(17-9)14-8-11-3-4-12(14)7-11/h11-12,14H,3-8,16H2,1-2H3. The van der Waals surface area contributed by atoms with Crippen LogP contribution in [0.25, 0.3) is 0 Å². The average molecular weight is 245 g/mol. The van der Waals surface area contributed by atoms with Gasteiger partial charge in [-0.15, -0.1) is 0 Å². The Morgan fingerprint density at radius 1 is 1.11 bits per heavy atom. The summed E-state index contributed by atoms with van der Waals surface area (Å²) in [6.07, 6.45) is 6.46. The molecule has 3 unspecified atom stereocenters. The Balaban J connectivity index is 1.89. The van der Waals surface area contributed by atoms with Crippen LogP contribution in [-0.2, 0) is 6.42 Å². The largest absolute Gasteiger partial charge is 0.330 e. The summed E-state index contributed by atoms with van der Waals surface area (Å²) < 4.78 is 0. The summed E-state index contributed by atoms with van der Waals surface area (Å²) in [6.45, 7) is 4.89. The summed E-state index contributed by atoms with van der Waals surface area (Å²) in [4.78, 5) is 9.57. The summed E-state index contributed by atoms with van der Waals surface area (Å²) in [6, 6.07) is 0. The number of nitrogens with two attached hydrogens (primary N) is 1. The second-order valence-electron chi connectivity index (χ2n) is 6.05. The first-order valence-electron chi connectivity index (χ1n) is 7.23. The van der Waals surface area contributed by atoms with Crippen molar-refractivity contribution in [3.63, 3.8) is 0 Å². The molecule has 2 aliphatic rings. The first-order valence-corrected chi connectivity index (χ1v) is 7.23. The molecular formula is C15H23N3. The molecular weight excluding hydrogens is 222 g/mol. The highest BCUT2D eigenvalue weighted by molar-refractivity contribution is 5.26. The zero-order valence-electron chi connectivity index (χ0n) is 11.4. The molecule has 0 aromatic carbocycles. The quantitative estimate of drug-likeness (QED) is 0.890. The van der Waals surface area contributed by atoms with Crippen LogP contribution in [0, 0.1) is 25.7 Å². The Hall–Kier alpha value is -0.960. The van der Waals surface area contributed by atoms with Gasteiger partial charge in [0, 0.05) is 17.3 Å². The Morgan fingerprint density at radius 3 is 2.33 bits per heavy atom. The van der Waals surface area contributed by atoms with E-state index in [0.717, 1.165) is 35.5 Å². The van der Waals surface area contributed by atoms with Crippen LogP contribution >= 0.6 is 0 Å². The monoisotopic (exact) mass is 245 g/mol. The number of aromatic nitrogens is 2. The molecule has 2 fully saturated rings. The number of fused-ring (bicyclic) bond motifs is 2. The molecule has 3 nitrogen and oxygen atoms in total. The molecule has 0 radical (unpaired) electrons. The van der Waals surface area contributed by atoms with Crippen molar-refractivity contribution in [1.29, 1.82) is 0 Å². The molecule has 3 heteroatoms. The summed E-state index contributed by atoms with van der Waals surface area (Å²) in [5, 5.41) is 0. The van der Waals surface area contributed by atoms with Crippen LogP contribution in [0.1, 0.15) is 54.4 Å². The van der Waals surface area contributed by atoms with Crippen LogP contribution in [0.3, 0.4) is 0 Å². The van der Waals surface area contributed by atoms with Gasteiger partial charge in [0.05, 0.1) is 0 Å². The van der Waals surface area contributed by atoms with Crippen molar-refractivity contribution in [3.05, 3.63) is 22.8 Å². The van der Waals surface area contributed by atoms with Crippen molar-refractivity contribution in [1.82, 2.24) is 9.97 Å². The second-order valence-corrected chi connectivity index (χ2v) is 6.05. The van der Waals surface area contributed by atoms with E-state index in [2.05, 4.69) is 13.8 Å². The van der Waals surface area contributed by atoms with E-state index in [9.17, 15) is 0 Å². The number of hydrogen-bond donors (Lipinski definition) is 1. The Bertz CT molecular complexity index is 432. The number of hydrogen-bond acceptors (Lipinski definition) is 3. The van der Waals surface area contributed by atoms with Gasteiger partial charge in [-0.25, -0.2) is 9.97 Å². The van der Waals surface area contributed by atoms with Crippen molar-refractivity contribution < 1.29 is 0 Å². The molecule has 1 aromatic heterocycles. The Morgan fingerprint density at radius 2 is 1.83 bits per heavy atom. The van der Waals surface area contributed by atoms with Gasteiger partial charge < -0.3 is 5.73 Å². The number of rotatable bonds is 3. The van der Waals surface area contributed by atoms with E-state index < -0.39 is 0 Å². The lowest BCUT2D eigenvalue weighted by atomic mass is 9.88. The molecule has 2 N–H and O–H groups in total. The van der Waals surface area contributed by atoms with Crippen LogP contribution < -0.4 is 5.73 Å². The summed E-state index contributed by atoms with van der Waals surface area (Å²) in [7, 11) is 0. The Kier molecular flexibility index (Phi) is 3.10. The van der Waals surface area contributed by atoms with Gasteiger partial charge in [0.2, 0.25) is 0 Å². The Labute approximate surface area is 109 Å². The van der Waals surface area contributed by atoms with E-state index in [1.165, 1.54) is 31.2 Å².